The first kappa shape index (κ1) is 17.9. The summed E-state index contributed by atoms with van der Waals surface area (Å²) in [5.74, 6) is 0.329. The second-order valence-corrected chi connectivity index (χ2v) is 7.28. The number of aliphatic hydroxyl groups is 1. The minimum Gasteiger partial charge on any atom is -0.393 e. The zero-order valence-electron chi connectivity index (χ0n) is 14.6. The molecular formula is C17H27N5O3. The van der Waals surface area contributed by atoms with Gasteiger partial charge in [0.15, 0.2) is 0 Å². The van der Waals surface area contributed by atoms with E-state index >= 15 is 0 Å². The van der Waals surface area contributed by atoms with Crippen LogP contribution < -0.4 is 16.4 Å². The highest BCUT2D eigenvalue weighted by Gasteiger charge is 2.29. The first-order valence-corrected chi connectivity index (χ1v) is 8.92. The second-order valence-electron chi connectivity index (χ2n) is 7.28. The van der Waals surface area contributed by atoms with Gasteiger partial charge in [-0.3, -0.25) is 4.79 Å². The lowest BCUT2D eigenvalue weighted by molar-refractivity contribution is 0.0656. The van der Waals surface area contributed by atoms with Crippen LogP contribution in [0.1, 0.15) is 55.8 Å². The van der Waals surface area contributed by atoms with Gasteiger partial charge in [-0.2, -0.15) is 4.98 Å². The number of rotatable bonds is 5. The van der Waals surface area contributed by atoms with Crippen LogP contribution in [-0.2, 0) is 4.74 Å². The minimum atomic E-state index is -0.567. The number of amides is 1. The van der Waals surface area contributed by atoms with Crippen molar-refractivity contribution in [2.24, 2.45) is 5.73 Å². The quantitative estimate of drug-likeness (QED) is 0.631. The highest BCUT2D eigenvalue weighted by molar-refractivity contribution is 5.97. The first-order valence-electron chi connectivity index (χ1n) is 8.92. The molecule has 0 spiro atoms. The molecule has 2 fully saturated rings. The van der Waals surface area contributed by atoms with E-state index in [1.54, 1.807) is 0 Å². The maximum Gasteiger partial charge on any atom is 0.254 e. The molecule has 138 valence electrons. The van der Waals surface area contributed by atoms with Gasteiger partial charge < -0.3 is 26.2 Å². The summed E-state index contributed by atoms with van der Waals surface area (Å²) in [6.45, 7) is 3.52. The summed E-state index contributed by atoms with van der Waals surface area (Å²) in [6, 6.07) is 0.0725. The van der Waals surface area contributed by atoms with Crippen LogP contribution in [0.25, 0.3) is 0 Å². The number of primary amides is 1. The van der Waals surface area contributed by atoms with Gasteiger partial charge in [-0.1, -0.05) is 0 Å². The Morgan fingerprint density at radius 1 is 1.40 bits per heavy atom. The molecule has 0 radical (unpaired) electrons. The molecule has 1 amide bonds. The number of nitrogens with one attached hydrogen (secondary N) is 2. The van der Waals surface area contributed by atoms with Crippen molar-refractivity contribution in [1.29, 1.82) is 0 Å². The lowest BCUT2D eigenvalue weighted by Crippen LogP contribution is -2.41. The Balaban J connectivity index is 1.78. The number of nitrogens with two attached hydrogens (primary N) is 1. The van der Waals surface area contributed by atoms with Crippen molar-refractivity contribution >= 4 is 17.7 Å². The zero-order valence-corrected chi connectivity index (χ0v) is 14.6. The summed E-state index contributed by atoms with van der Waals surface area (Å²) in [7, 11) is 0. The van der Waals surface area contributed by atoms with E-state index in [4.69, 9.17) is 10.5 Å². The van der Waals surface area contributed by atoms with Crippen molar-refractivity contribution in [3.8, 4) is 0 Å². The maximum absolute atomic E-state index is 11.7. The number of hydrogen-bond acceptors (Lipinski definition) is 7. The van der Waals surface area contributed by atoms with Crippen LogP contribution in [-0.4, -0.2) is 51.9 Å². The van der Waals surface area contributed by atoms with Crippen molar-refractivity contribution in [2.75, 3.05) is 23.8 Å². The van der Waals surface area contributed by atoms with Gasteiger partial charge in [0, 0.05) is 31.0 Å². The fraction of sp³-hybridized carbons (Fsp3) is 0.706. The molecule has 1 saturated heterocycles. The lowest BCUT2D eigenvalue weighted by atomic mass is 9.93. The highest BCUT2D eigenvalue weighted by Crippen LogP contribution is 2.26. The van der Waals surface area contributed by atoms with E-state index in [0.29, 0.717) is 31.4 Å². The molecule has 1 aliphatic heterocycles. The third-order valence-corrected chi connectivity index (χ3v) is 5.05. The summed E-state index contributed by atoms with van der Waals surface area (Å²) in [4.78, 5) is 20.5. The fourth-order valence-electron chi connectivity index (χ4n) is 3.44. The minimum absolute atomic E-state index is 0.0725. The van der Waals surface area contributed by atoms with Gasteiger partial charge in [-0.25, -0.2) is 4.98 Å². The Hall–Kier alpha value is -1.93. The van der Waals surface area contributed by atoms with Crippen molar-refractivity contribution in [3.05, 3.63) is 11.8 Å². The molecule has 0 unspecified atom stereocenters. The predicted molar refractivity (Wildman–Crippen MR) is 94.5 cm³/mol. The first-order chi connectivity index (χ1) is 12.0. The molecule has 2 heterocycles. The summed E-state index contributed by atoms with van der Waals surface area (Å²) in [5.41, 5.74) is 5.59. The normalized spacial score (nSPS) is 26.0. The van der Waals surface area contributed by atoms with Crippen LogP contribution in [0.2, 0.25) is 0 Å². The molecule has 2 aliphatic rings. The van der Waals surface area contributed by atoms with E-state index in [2.05, 4.69) is 27.5 Å². The van der Waals surface area contributed by atoms with Crippen molar-refractivity contribution in [3.63, 3.8) is 0 Å². The number of carbonyl (C=O) groups is 1. The van der Waals surface area contributed by atoms with Crippen LogP contribution in [0.15, 0.2) is 6.20 Å². The van der Waals surface area contributed by atoms with E-state index in [0.717, 1.165) is 32.1 Å². The Morgan fingerprint density at radius 3 is 2.84 bits per heavy atom. The number of nitrogens with zero attached hydrogens (tertiary/aromatic N) is 2. The molecule has 0 bridgehead atoms. The van der Waals surface area contributed by atoms with Crippen LogP contribution in [0.3, 0.4) is 0 Å². The molecule has 5 N–H and O–H groups in total. The lowest BCUT2D eigenvalue weighted by Gasteiger charge is -2.34. The zero-order chi connectivity index (χ0) is 17.9. The van der Waals surface area contributed by atoms with Gasteiger partial charge in [0.1, 0.15) is 5.82 Å². The Bertz CT molecular complexity index is 618. The predicted octanol–water partition coefficient (Wildman–Crippen LogP) is 1.27. The molecule has 8 heteroatoms. The number of ether oxygens (including phenoxy) is 1. The molecule has 1 aromatic heterocycles. The van der Waals surface area contributed by atoms with E-state index in [9.17, 15) is 9.90 Å². The molecule has 1 aromatic rings. The SMILES string of the molecule is CC1(Nc2ncc(C(N)=O)c(N[C@@H]3CCC[C@H](O)C3)n2)CCOCC1. The topological polar surface area (TPSA) is 122 Å². The fourth-order valence-corrected chi connectivity index (χ4v) is 3.44. The molecule has 1 saturated carbocycles. The number of anilines is 2. The summed E-state index contributed by atoms with van der Waals surface area (Å²) >= 11 is 0. The van der Waals surface area contributed by atoms with Crippen LogP contribution in [0.4, 0.5) is 11.8 Å². The molecule has 2 atom stereocenters. The van der Waals surface area contributed by atoms with Gasteiger partial charge >= 0.3 is 0 Å². The van der Waals surface area contributed by atoms with Gasteiger partial charge in [-0.15, -0.1) is 0 Å². The molecule has 8 nitrogen and oxygen atoms in total. The number of carbonyl (C=O) groups excluding carboxylic acids is 1. The summed E-state index contributed by atoms with van der Waals surface area (Å²) in [6.07, 6.45) is 6.20. The number of aliphatic hydroxyl groups excluding tert-OH is 1. The number of hydrogen-bond donors (Lipinski definition) is 4. The Morgan fingerprint density at radius 2 is 2.16 bits per heavy atom. The molecule has 3 rings (SSSR count). The van der Waals surface area contributed by atoms with Crippen LogP contribution in [0.5, 0.6) is 0 Å². The monoisotopic (exact) mass is 349 g/mol. The average Bonchev–Trinajstić information content (AvgIpc) is 2.55. The highest BCUT2D eigenvalue weighted by atomic mass is 16.5. The van der Waals surface area contributed by atoms with Crippen LogP contribution in [0, 0.1) is 0 Å². The third kappa shape index (κ3) is 4.58. The van der Waals surface area contributed by atoms with E-state index in [-0.39, 0.29) is 23.2 Å². The summed E-state index contributed by atoms with van der Waals surface area (Å²) in [5, 5.41) is 16.5. The average molecular weight is 349 g/mol. The summed E-state index contributed by atoms with van der Waals surface area (Å²) < 4.78 is 5.41. The molecule has 1 aliphatic carbocycles. The van der Waals surface area contributed by atoms with E-state index < -0.39 is 5.91 Å². The largest absolute Gasteiger partial charge is 0.393 e. The van der Waals surface area contributed by atoms with Crippen molar-refractivity contribution < 1.29 is 14.6 Å². The Kier molecular flexibility index (Phi) is 5.39. The van der Waals surface area contributed by atoms with Crippen molar-refractivity contribution in [1.82, 2.24) is 9.97 Å². The van der Waals surface area contributed by atoms with Crippen molar-refractivity contribution in [2.45, 2.75) is 63.1 Å². The Labute approximate surface area is 147 Å². The molecular weight excluding hydrogens is 322 g/mol. The van der Waals surface area contributed by atoms with Gasteiger partial charge in [0.05, 0.1) is 11.7 Å². The third-order valence-electron chi connectivity index (χ3n) is 5.05. The smallest absolute Gasteiger partial charge is 0.254 e. The van der Waals surface area contributed by atoms with E-state index in [1.807, 2.05) is 0 Å². The number of aromatic nitrogens is 2. The second kappa shape index (κ2) is 7.53. The van der Waals surface area contributed by atoms with Gasteiger partial charge in [0.2, 0.25) is 5.95 Å². The van der Waals surface area contributed by atoms with Crippen LogP contribution >= 0.6 is 0 Å². The van der Waals surface area contributed by atoms with Gasteiger partial charge in [-0.05, 0) is 45.4 Å². The molecule has 0 aromatic carbocycles. The standard InChI is InChI=1S/C17H27N5O3/c1-17(5-7-25-8-6-17)22-16-19-10-13(14(18)24)15(21-16)20-11-3-2-4-12(23)9-11/h10-12,23H,2-9H2,1H3,(H2,18,24)(H2,19,20,21,22)/t11-,12+/m1/s1. The van der Waals surface area contributed by atoms with Gasteiger partial charge in [0.25, 0.3) is 5.91 Å². The maximum atomic E-state index is 11.7. The molecule has 25 heavy (non-hydrogen) atoms. The van der Waals surface area contributed by atoms with E-state index in [1.165, 1.54) is 6.20 Å².